The quantitative estimate of drug-likeness (QED) is 0.613. The maximum absolute atomic E-state index is 5.11. The van der Waals surface area contributed by atoms with Crippen LogP contribution in [0.3, 0.4) is 0 Å². The van der Waals surface area contributed by atoms with Gasteiger partial charge in [0.1, 0.15) is 11.6 Å². The fraction of sp³-hybridized carbons (Fsp3) is 0.238. The smallest absolute Gasteiger partial charge is 0.163 e. The Balaban J connectivity index is 1.93. The molecule has 5 heteroatoms. The lowest BCUT2D eigenvalue weighted by atomic mass is 10.1. The predicted molar refractivity (Wildman–Crippen MR) is 107 cm³/mol. The Bertz CT molecular complexity index is 865. The minimum Gasteiger partial charge on any atom is -0.383 e. The van der Waals surface area contributed by atoms with Crippen LogP contribution in [0.25, 0.3) is 11.4 Å². The number of methoxy groups -OCH3 is 1. The van der Waals surface area contributed by atoms with Gasteiger partial charge in [-0.15, -0.1) is 0 Å². The van der Waals surface area contributed by atoms with Gasteiger partial charge in [-0.1, -0.05) is 48.0 Å². The molecule has 0 aliphatic heterocycles. The molecule has 26 heavy (non-hydrogen) atoms. The summed E-state index contributed by atoms with van der Waals surface area (Å²) in [5, 5.41) is 6.71. The number of benzene rings is 2. The van der Waals surface area contributed by atoms with E-state index < -0.39 is 0 Å². The van der Waals surface area contributed by atoms with Gasteiger partial charge in [0.25, 0.3) is 0 Å². The fourth-order valence-electron chi connectivity index (χ4n) is 2.69. The van der Waals surface area contributed by atoms with Gasteiger partial charge in [0.2, 0.25) is 0 Å². The van der Waals surface area contributed by atoms with Crippen LogP contribution in [-0.4, -0.2) is 30.2 Å². The number of hydrogen-bond donors (Lipinski definition) is 2. The first-order chi connectivity index (χ1) is 12.7. The van der Waals surface area contributed by atoms with E-state index in [1.54, 1.807) is 7.11 Å². The highest BCUT2D eigenvalue weighted by Gasteiger charge is 2.08. The summed E-state index contributed by atoms with van der Waals surface area (Å²) in [6, 6.07) is 18.2. The second-order valence-corrected chi connectivity index (χ2v) is 6.19. The molecule has 0 aliphatic rings. The number of aryl methyl sites for hydroxylation is 2. The Hall–Kier alpha value is -2.92. The molecule has 0 unspecified atom stereocenters. The van der Waals surface area contributed by atoms with E-state index in [2.05, 4.69) is 47.7 Å². The van der Waals surface area contributed by atoms with E-state index in [1.807, 2.05) is 36.4 Å². The lowest BCUT2D eigenvalue weighted by Crippen LogP contribution is -2.10. The highest BCUT2D eigenvalue weighted by Crippen LogP contribution is 2.24. The highest BCUT2D eigenvalue weighted by atomic mass is 16.5. The molecule has 3 aromatic rings. The molecular weight excluding hydrogens is 324 g/mol. The van der Waals surface area contributed by atoms with Crippen molar-refractivity contribution in [1.82, 2.24) is 9.97 Å². The number of hydrogen-bond acceptors (Lipinski definition) is 5. The van der Waals surface area contributed by atoms with Crippen LogP contribution in [0, 0.1) is 13.8 Å². The van der Waals surface area contributed by atoms with Crippen molar-refractivity contribution in [1.29, 1.82) is 0 Å². The third-order valence-electron chi connectivity index (χ3n) is 4.02. The summed E-state index contributed by atoms with van der Waals surface area (Å²) < 4.78 is 5.11. The van der Waals surface area contributed by atoms with Gasteiger partial charge in [-0.2, -0.15) is 0 Å². The average molecular weight is 348 g/mol. The van der Waals surface area contributed by atoms with Gasteiger partial charge < -0.3 is 15.4 Å². The molecule has 0 amide bonds. The number of anilines is 3. The Morgan fingerprint density at radius 2 is 1.69 bits per heavy atom. The maximum Gasteiger partial charge on any atom is 0.163 e. The van der Waals surface area contributed by atoms with Crippen molar-refractivity contribution in [3.63, 3.8) is 0 Å². The van der Waals surface area contributed by atoms with Gasteiger partial charge >= 0.3 is 0 Å². The zero-order valence-corrected chi connectivity index (χ0v) is 15.4. The van der Waals surface area contributed by atoms with E-state index in [0.29, 0.717) is 19.0 Å². The van der Waals surface area contributed by atoms with Crippen molar-refractivity contribution in [2.75, 3.05) is 30.9 Å². The first-order valence-electron chi connectivity index (χ1n) is 8.67. The van der Waals surface area contributed by atoms with Crippen molar-refractivity contribution in [3.8, 4) is 11.4 Å². The summed E-state index contributed by atoms with van der Waals surface area (Å²) in [5.41, 5.74) is 4.43. The average Bonchev–Trinajstić information content (AvgIpc) is 2.65. The molecule has 2 N–H and O–H groups in total. The van der Waals surface area contributed by atoms with Crippen LogP contribution in [0.4, 0.5) is 17.3 Å². The van der Waals surface area contributed by atoms with Gasteiger partial charge in [0, 0.05) is 31.0 Å². The maximum atomic E-state index is 5.11. The van der Waals surface area contributed by atoms with Gasteiger partial charge in [0.15, 0.2) is 5.82 Å². The molecule has 0 aliphatic carbocycles. The van der Waals surface area contributed by atoms with Crippen molar-refractivity contribution >= 4 is 17.3 Å². The number of aromatic nitrogens is 2. The van der Waals surface area contributed by atoms with Crippen LogP contribution >= 0.6 is 0 Å². The molecule has 0 radical (unpaired) electrons. The molecular formula is C21H24N4O. The van der Waals surface area contributed by atoms with Crippen molar-refractivity contribution < 1.29 is 4.74 Å². The minimum atomic E-state index is 0.616. The van der Waals surface area contributed by atoms with Gasteiger partial charge in [-0.05, 0) is 25.5 Å². The van der Waals surface area contributed by atoms with Crippen LogP contribution < -0.4 is 10.6 Å². The minimum absolute atomic E-state index is 0.616. The topological polar surface area (TPSA) is 59.1 Å². The first-order valence-corrected chi connectivity index (χ1v) is 8.67. The van der Waals surface area contributed by atoms with Crippen molar-refractivity contribution in [2.24, 2.45) is 0 Å². The molecule has 0 bridgehead atoms. The Labute approximate surface area is 154 Å². The number of nitrogens with zero attached hydrogens (tertiary/aromatic N) is 2. The molecule has 5 nitrogen and oxygen atoms in total. The first kappa shape index (κ1) is 17.9. The summed E-state index contributed by atoms with van der Waals surface area (Å²) >= 11 is 0. The number of ether oxygens (including phenoxy) is 1. The molecule has 0 fully saturated rings. The van der Waals surface area contributed by atoms with Crippen LogP contribution in [-0.2, 0) is 4.74 Å². The van der Waals surface area contributed by atoms with E-state index in [-0.39, 0.29) is 0 Å². The van der Waals surface area contributed by atoms with Crippen molar-refractivity contribution in [2.45, 2.75) is 13.8 Å². The molecule has 3 rings (SSSR count). The molecule has 1 aromatic heterocycles. The van der Waals surface area contributed by atoms with Crippen LogP contribution in [0.5, 0.6) is 0 Å². The summed E-state index contributed by atoms with van der Waals surface area (Å²) in [6.07, 6.45) is 0. The lowest BCUT2D eigenvalue weighted by Gasteiger charge is -2.13. The van der Waals surface area contributed by atoms with E-state index in [1.165, 1.54) is 11.1 Å². The number of nitrogens with one attached hydrogen (secondary N) is 2. The molecule has 134 valence electrons. The van der Waals surface area contributed by atoms with Crippen LogP contribution in [0.1, 0.15) is 11.1 Å². The second kappa shape index (κ2) is 8.45. The summed E-state index contributed by atoms with van der Waals surface area (Å²) in [6.45, 7) is 5.48. The standard InChI is InChI=1S/C21H24N4O/c1-15-9-10-18(16(2)13-15)23-20-14-19(22-11-12-26-3)24-21(25-20)17-7-5-4-6-8-17/h4-10,13-14H,11-12H2,1-3H3,(H2,22,23,24,25). The van der Waals surface area contributed by atoms with E-state index in [9.17, 15) is 0 Å². The third kappa shape index (κ3) is 4.58. The Kier molecular flexibility index (Phi) is 5.81. The van der Waals surface area contributed by atoms with E-state index in [4.69, 9.17) is 9.72 Å². The zero-order chi connectivity index (χ0) is 18.4. The predicted octanol–water partition coefficient (Wildman–Crippen LogP) is 4.56. The fourth-order valence-corrected chi connectivity index (χ4v) is 2.69. The SMILES string of the molecule is COCCNc1cc(Nc2ccc(C)cc2C)nc(-c2ccccc2)n1. The molecule has 0 spiro atoms. The monoisotopic (exact) mass is 348 g/mol. The van der Waals surface area contributed by atoms with E-state index in [0.717, 1.165) is 22.9 Å². The zero-order valence-electron chi connectivity index (χ0n) is 15.4. The molecule has 0 saturated carbocycles. The summed E-state index contributed by atoms with van der Waals surface area (Å²) in [7, 11) is 1.68. The lowest BCUT2D eigenvalue weighted by molar-refractivity contribution is 0.210. The van der Waals surface area contributed by atoms with Crippen molar-refractivity contribution in [3.05, 3.63) is 65.7 Å². The van der Waals surface area contributed by atoms with Gasteiger partial charge in [-0.25, -0.2) is 9.97 Å². The Morgan fingerprint density at radius 3 is 2.42 bits per heavy atom. The largest absolute Gasteiger partial charge is 0.383 e. The normalized spacial score (nSPS) is 10.6. The second-order valence-electron chi connectivity index (χ2n) is 6.19. The van der Waals surface area contributed by atoms with Crippen LogP contribution in [0.15, 0.2) is 54.6 Å². The Morgan fingerprint density at radius 1 is 0.923 bits per heavy atom. The molecule has 0 atom stereocenters. The third-order valence-corrected chi connectivity index (χ3v) is 4.02. The highest BCUT2D eigenvalue weighted by molar-refractivity contribution is 5.66. The molecule has 2 aromatic carbocycles. The molecule has 0 saturated heterocycles. The van der Waals surface area contributed by atoms with Gasteiger partial charge in [0.05, 0.1) is 6.61 Å². The van der Waals surface area contributed by atoms with E-state index >= 15 is 0 Å². The van der Waals surface area contributed by atoms with Gasteiger partial charge in [-0.3, -0.25) is 0 Å². The summed E-state index contributed by atoms with van der Waals surface area (Å²) in [4.78, 5) is 9.33. The number of rotatable bonds is 7. The van der Waals surface area contributed by atoms with Crippen LogP contribution in [0.2, 0.25) is 0 Å². The molecule has 1 heterocycles. The summed E-state index contributed by atoms with van der Waals surface area (Å²) in [5.74, 6) is 2.20.